The van der Waals surface area contributed by atoms with Crippen LogP contribution in [0.3, 0.4) is 0 Å². The van der Waals surface area contributed by atoms with E-state index in [0.29, 0.717) is 6.42 Å². The first-order chi connectivity index (χ1) is 12.3. The van der Waals surface area contributed by atoms with E-state index in [4.69, 9.17) is 0 Å². The molecule has 1 heterocycles. The molecule has 2 rings (SSSR count). The molecule has 2 aromatic rings. The fourth-order valence-corrected chi connectivity index (χ4v) is 2.05. The van der Waals surface area contributed by atoms with E-state index in [1.54, 1.807) is 0 Å². The molecule has 6 nitrogen and oxygen atoms in total. The highest BCUT2D eigenvalue weighted by Crippen LogP contribution is 2.22. The van der Waals surface area contributed by atoms with E-state index in [1.807, 2.05) is 0 Å². The van der Waals surface area contributed by atoms with Crippen molar-refractivity contribution in [1.82, 2.24) is 10.3 Å². The maximum Gasteiger partial charge on any atom is 0.573 e. The van der Waals surface area contributed by atoms with Crippen LogP contribution in [-0.4, -0.2) is 36.9 Å². The molecule has 0 aliphatic rings. The number of carbonyl (C=O) groups excluding carboxylic acids is 2. The molecule has 9 heteroatoms. The van der Waals surface area contributed by atoms with Crippen molar-refractivity contribution < 1.29 is 32.2 Å². The van der Waals surface area contributed by atoms with Gasteiger partial charge in [-0.25, -0.2) is 9.78 Å². The molecule has 0 aliphatic heterocycles. The molecule has 0 radical (unpaired) electrons. The molecular formula is C17H15F3N2O4. The van der Waals surface area contributed by atoms with Gasteiger partial charge in [0.15, 0.2) is 0 Å². The predicted octanol–water partition coefficient (Wildman–Crippen LogP) is 2.74. The van der Waals surface area contributed by atoms with Crippen molar-refractivity contribution >= 4 is 11.9 Å². The molecule has 138 valence electrons. The SMILES string of the molecule is COC(=O)c1cccc(C(=O)NCCc2ccc(OC(F)(F)F)cc2)n1. The third-order valence-electron chi connectivity index (χ3n) is 3.23. The van der Waals surface area contributed by atoms with Crippen LogP contribution >= 0.6 is 0 Å². The Morgan fingerprint density at radius 1 is 1.08 bits per heavy atom. The number of hydrogen-bond acceptors (Lipinski definition) is 5. The van der Waals surface area contributed by atoms with Crippen LogP contribution in [0.2, 0.25) is 0 Å². The summed E-state index contributed by atoms with van der Waals surface area (Å²) in [6, 6.07) is 9.73. The number of halogens is 3. The van der Waals surface area contributed by atoms with Gasteiger partial charge in [0, 0.05) is 6.54 Å². The lowest BCUT2D eigenvalue weighted by Crippen LogP contribution is -2.27. The number of benzene rings is 1. The summed E-state index contributed by atoms with van der Waals surface area (Å²) in [6.07, 6.45) is -4.34. The van der Waals surface area contributed by atoms with Crippen molar-refractivity contribution in [3.05, 3.63) is 59.4 Å². The Hall–Kier alpha value is -3.10. The molecule has 0 saturated heterocycles. The van der Waals surface area contributed by atoms with Gasteiger partial charge in [-0.2, -0.15) is 0 Å². The van der Waals surface area contributed by atoms with Gasteiger partial charge >= 0.3 is 12.3 Å². The monoisotopic (exact) mass is 368 g/mol. The summed E-state index contributed by atoms with van der Waals surface area (Å²) in [6.45, 7) is 0.239. The van der Waals surface area contributed by atoms with Gasteiger partial charge in [-0.15, -0.1) is 13.2 Å². The van der Waals surface area contributed by atoms with E-state index < -0.39 is 18.2 Å². The van der Waals surface area contributed by atoms with Crippen LogP contribution in [0.15, 0.2) is 42.5 Å². The molecule has 26 heavy (non-hydrogen) atoms. The lowest BCUT2D eigenvalue weighted by Gasteiger charge is -2.09. The second-order valence-electron chi connectivity index (χ2n) is 5.10. The number of methoxy groups -OCH3 is 1. The molecule has 0 unspecified atom stereocenters. The maximum atomic E-state index is 12.1. The zero-order valence-corrected chi connectivity index (χ0v) is 13.7. The van der Waals surface area contributed by atoms with Crippen molar-refractivity contribution in [2.75, 3.05) is 13.7 Å². The minimum atomic E-state index is -4.73. The van der Waals surface area contributed by atoms with Gasteiger partial charge in [0.1, 0.15) is 17.1 Å². The average molecular weight is 368 g/mol. The smallest absolute Gasteiger partial charge is 0.464 e. The summed E-state index contributed by atoms with van der Waals surface area (Å²) in [5.74, 6) is -1.44. The minimum Gasteiger partial charge on any atom is -0.464 e. The summed E-state index contributed by atoms with van der Waals surface area (Å²) in [5.41, 5.74) is 0.790. The first kappa shape index (κ1) is 19.2. The molecule has 0 atom stereocenters. The number of aromatic nitrogens is 1. The van der Waals surface area contributed by atoms with Crippen molar-refractivity contribution in [2.24, 2.45) is 0 Å². The molecule has 1 N–H and O–H groups in total. The van der Waals surface area contributed by atoms with Gasteiger partial charge in [0.25, 0.3) is 5.91 Å². The lowest BCUT2D eigenvalue weighted by molar-refractivity contribution is -0.274. The Kier molecular flexibility index (Phi) is 6.16. The van der Waals surface area contributed by atoms with E-state index in [-0.39, 0.29) is 23.7 Å². The molecule has 1 amide bonds. The summed E-state index contributed by atoms with van der Waals surface area (Å²) in [5, 5.41) is 2.62. The fourth-order valence-electron chi connectivity index (χ4n) is 2.05. The van der Waals surface area contributed by atoms with Crippen LogP contribution in [-0.2, 0) is 11.2 Å². The van der Waals surface area contributed by atoms with Crippen molar-refractivity contribution in [3.8, 4) is 5.75 Å². The third kappa shape index (κ3) is 5.76. The van der Waals surface area contributed by atoms with Gasteiger partial charge in [-0.05, 0) is 36.2 Å². The number of alkyl halides is 3. The maximum absolute atomic E-state index is 12.1. The highest BCUT2D eigenvalue weighted by molar-refractivity contribution is 5.94. The summed E-state index contributed by atoms with van der Waals surface area (Å²) < 4.78 is 44.6. The Bertz CT molecular complexity index is 776. The van der Waals surface area contributed by atoms with E-state index in [9.17, 15) is 22.8 Å². The fraction of sp³-hybridized carbons (Fsp3) is 0.235. The largest absolute Gasteiger partial charge is 0.573 e. The average Bonchev–Trinajstić information content (AvgIpc) is 2.61. The first-order valence-electron chi connectivity index (χ1n) is 7.47. The number of ether oxygens (including phenoxy) is 2. The Morgan fingerprint density at radius 3 is 2.35 bits per heavy atom. The summed E-state index contributed by atoms with van der Waals surface area (Å²) in [7, 11) is 1.21. The highest BCUT2D eigenvalue weighted by atomic mass is 19.4. The van der Waals surface area contributed by atoms with Gasteiger partial charge in [0.2, 0.25) is 0 Å². The zero-order valence-electron chi connectivity index (χ0n) is 13.7. The van der Waals surface area contributed by atoms with Gasteiger partial charge < -0.3 is 14.8 Å². The number of rotatable bonds is 6. The Morgan fingerprint density at radius 2 is 1.73 bits per heavy atom. The quantitative estimate of drug-likeness (QED) is 0.794. The number of hydrogen-bond donors (Lipinski definition) is 1. The number of nitrogens with zero attached hydrogens (tertiary/aromatic N) is 1. The molecule has 0 spiro atoms. The van der Waals surface area contributed by atoms with Crippen LogP contribution in [0, 0.1) is 0 Å². The van der Waals surface area contributed by atoms with Crippen LogP contribution in [0.25, 0.3) is 0 Å². The first-order valence-corrected chi connectivity index (χ1v) is 7.47. The van der Waals surface area contributed by atoms with Crippen LogP contribution in [0.4, 0.5) is 13.2 Å². The minimum absolute atomic E-state index is 0.0143. The Balaban J connectivity index is 1.87. The van der Waals surface area contributed by atoms with E-state index >= 15 is 0 Å². The Labute approximate surface area is 146 Å². The van der Waals surface area contributed by atoms with Crippen LogP contribution in [0.5, 0.6) is 5.75 Å². The van der Waals surface area contributed by atoms with Gasteiger partial charge in [0.05, 0.1) is 7.11 Å². The molecule has 0 bridgehead atoms. The number of pyridine rings is 1. The second-order valence-corrected chi connectivity index (χ2v) is 5.10. The number of carbonyl (C=O) groups is 2. The van der Waals surface area contributed by atoms with Crippen molar-refractivity contribution in [3.63, 3.8) is 0 Å². The van der Waals surface area contributed by atoms with Crippen molar-refractivity contribution in [1.29, 1.82) is 0 Å². The van der Waals surface area contributed by atoms with E-state index in [2.05, 4.69) is 19.8 Å². The lowest BCUT2D eigenvalue weighted by atomic mass is 10.1. The highest BCUT2D eigenvalue weighted by Gasteiger charge is 2.30. The molecule has 0 fully saturated rings. The number of amides is 1. The zero-order chi connectivity index (χ0) is 19.2. The summed E-state index contributed by atoms with van der Waals surface area (Å²) in [4.78, 5) is 27.3. The topological polar surface area (TPSA) is 77.5 Å². The number of nitrogens with one attached hydrogen (secondary N) is 1. The van der Waals surface area contributed by atoms with Crippen LogP contribution < -0.4 is 10.1 Å². The third-order valence-corrected chi connectivity index (χ3v) is 3.23. The predicted molar refractivity (Wildman–Crippen MR) is 84.7 cm³/mol. The molecule has 0 aliphatic carbocycles. The molecule has 0 saturated carbocycles. The van der Waals surface area contributed by atoms with Crippen LogP contribution in [0.1, 0.15) is 26.5 Å². The molecule has 1 aromatic carbocycles. The second kappa shape index (κ2) is 8.32. The standard InChI is InChI=1S/C17H15F3N2O4/c1-25-16(24)14-4-2-3-13(22-14)15(23)21-10-9-11-5-7-12(8-6-11)26-17(18,19)20/h2-8H,9-10H2,1H3,(H,21,23). The summed E-state index contributed by atoms with van der Waals surface area (Å²) >= 11 is 0. The molecular weight excluding hydrogens is 353 g/mol. The normalized spacial score (nSPS) is 10.9. The van der Waals surface area contributed by atoms with Gasteiger partial charge in [-0.1, -0.05) is 18.2 Å². The number of esters is 1. The van der Waals surface area contributed by atoms with Crippen molar-refractivity contribution in [2.45, 2.75) is 12.8 Å². The van der Waals surface area contributed by atoms with E-state index in [1.165, 1.54) is 49.6 Å². The van der Waals surface area contributed by atoms with E-state index in [0.717, 1.165) is 5.56 Å². The van der Waals surface area contributed by atoms with Gasteiger partial charge in [-0.3, -0.25) is 4.79 Å². The molecule has 1 aromatic heterocycles.